The first-order valence-corrected chi connectivity index (χ1v) is 6.51. The number of allylic oxidation sites excluding steroid dienone is 1. The summed E-state index contributed by atoms with van der Waals surface area (Å²) in [6.07, 6.45) is 4.70. The molecule has 1 aliphatic rings. The van der Waals surface area contributed by atoms with Gasteiger partial charge in [-0.05, 0) is 18.6 Å². The molecule has 0 saturated carbocycles. The number of aliphatic hydroxyl groups excluding tert-OH is 1. The molecule has 2 aromatic rings. The van der Waals surface area contributed by atoms with E-state index in [1.165, 1.54) is 11.1 Å². The number of aliphatic hydroxyl groups is 1. The molecule has 0 spiro atoms. The van der Waals surface area contributed by atoms with Crippen molar-refractivity contribution in [1.82, 2.24) is 0 Å². The summed E-state index contributed by atoms with van der Waals surface area (Å²) in [7, 11) is 0. The highest BCUT2D eigenvalue weighted by Crippen LogP contribution is 2.45. The van der Waals surface area contributed by atoms with Gasteiger partial charge in [0, 0.05) is 17.0 Å². The lowest BCUT2D eigenvalue weighted by Crippen LogP contribution is -2.09. The Labute approximate surface area is 113 Å². The topological polar surface area (TPSA) is 29.5 Å². The fourth-order valence-electron chi connectivity index (χ4n) is 2.57. The van der Waals surface area contributed by atoms with E-state index >= 15 is 0 Å². The van der Waals surface area contributed by atoms with Crippen LogP contribution in [0, 0.1) is 0 Å². The van der Waals surface area contributed by atoms with Crippen LogP contribution < -0.4 is 4.74 Å². The average molecular weight is 252 g/mol. The van der Waals surface area contributed by atoms with Crippen LogP contribution in [0.1, 0.15) is 23.5 Å². The van der Waals surface area contributed by atoms with E-state index in [2.05, 4.69) is 12.1 Å². The Morgan fingerprint density at radius 2 is 1.47 bits per heavy atom. The minimum Gasteiger partial charge on any atom is -0.457 e. The maximum absolute atomic E-state index is 8.87. The molecule has 1 N–H and O–H groups in total. The number of benzene rings is 2. The van der Waals surface area contributed by atoms with Crippen LogP contribution in [0.3, 0.4) is 0 Å². The molecule has 2 aromatic carbocycles. The molecule has 3 rings (SSSR count). The molecular weight excluding hydrogens is 236 g/mol. The lowest BCUT2D eigenvalue weighted by Gasteiger charge is -2.27. The van der Waals surface area contributed by atoms with E-state index in [4.69, 9.17) is 9.84 Å². The third kappa shape index (κ3) is 2.27. The molecule has 0 fully saturated rings. The summed E-state index contributed by atoms with van der Waals surface area (Å²) in [5.74, 6) is 2.16. The van der Waals surface area contributed by atoms with Crippen molar-refractivity contribution in [3.8, 4) is 11.5 Å². The van der Waals surface area contributed by atoms with Crippen LogP contribution in [-0.2, 0) is 0 Å². The van der Waals surface area contributed by atoms with E-state index < -0.39 is 0 Å². The Morgan fingerprint density at radius 3 is 2.05 bits per heavy atom. The lowest BCUT2D eigenvalue weighted by molar-refractivity contribution is 0.342. The summed E-state index contributed by atoms with van der Waals surface area (Å²) in [6, 6.07) is 16.3. The van der Waals surface area contributed by atoms with Crippen molar-refractivity contribution in [2.45, 2.75) is 12.3 Å². The maximum atomic E-state index is 8.87. The van der Waals surface area contributed by atoms with Crippen molar-refractivity contribution in [2.24, 2.45) is 0 Å². The van der Waals surface area contributed by atoms with Gasteiger partial charge in [0.1, 0.15) is 11.5 Å². The van der Waals surface area contributed by atoms with E-state index in [1.54, 1.807) is 6.08 Å². The highest BCUT2D eigenvalue weighted by Gasteiger charge is 2.25. The Balaban J connectivity index is 2.03. The number of para-hydroxylation sites is 2. The molecule has 19 heavy (non-hydrogen) atoms. The van der Waals surface area contributed by atoms with Crippen molar-refractivity contribution in [3.05, 3.63) is 71.8 Å². The highest BCUT2D eigenvalue weighted by atomic mass is 16.5. The largest absolute Gasteiger partial charge is 0.457 e. The zero-order valence-corrected chi connectivity index (χ0v) is 10.6. The van der Waals surface area contributed by atoms with Gasteiger partial charge in [-0.1, -0.05) is 48.6 Å². The van der Waals surface area contributed by atoms with E-state index in [1.807, 2.05) is 42.5 Å². The van der Waals surface area contributed by atoms with Gasteiger partial charge in [0.2, 0.25) is 0 Å². The second-order valence-corrected chi connectivity index (χ2v) is 4.62. The van der Waals surface area contributed by atoms with Crippen LogP contribution >= 0.6 is 0 Å². The number of ether oxygens (including phenoxy) is 1. The smallest absolute Gasteiger partial charge is 0.131 e. The number of hydrogen-bond donors (Lipinski definition) is 1. The first-order chi connectivity index (χ1) is 9.40. The van der Waals surface area contributed by atoms with Crippen LogP contribution in [-0.4, -0.2) is 11.7 Å². The zero-order chi connectivity index (χ0) is 13.1. The molecule has 0 unspecified atom stereocenters. The lowest BCUT2D eigenvalue weighted by atomic mass is 9.85. The van der Waals surface area contributed by atoms with Crippen molar-refractivity contribution >= 4 is 0 Å². The molecule has 1 heterocycles. The first-order valence-electron chi connectivity index (χ1n) is 6.51. The summed E-state index contributed by atoms with van der Waals surface area (Å²) >= 11 is 0. The van der Waals surface area contributed by atoms with Gasteiger partial charge in [-0.2, -0.15) is 0 Å². The van der Waals surface area contributed by atoms with Gasteiger partial charge < -0.3 is 9.84 Å². The SMILES string of the molecule is OC/C=C\CC1c2ccccc2Oc2ccccc21. The third-order valence-electron chi connectivity index (χ3n) is 3.45. The van der Waals surface area contributed by atoms with E-state index in [9.17, 15) is 0 Å². The van der Waals surface area contributed by atoms with Gasteiger partial charge in [-0.3, -0.25) is 0 Å². The highest BCUT2D eigenvalue weighted by molar-refractivity contribution is 5.53. The monoisotopic (exact) mass is 252 g/mol. The second kappa shape index (κ2) is 5.29. The fraction of sp³-hybridized carbons (Fsp3) is 0.176. The van der Waals surface area contributed by atoms with Gasteiger partial charge in [0.05, 0.1) is 6.61 Å². The van der Waals surface area contributed by atoms with Gasteiger partial charge in [-0.15, -0.1) is 0 Å². The van der Waals surface area contributed by atoms with E-state index in [-0.39, 0.29) is 6.61 Å². The van der Waals surface area contributed by atoms with Crippen molar-refractivity contribution in [1.29, 1.82) is 0 Å². The molecular formula is C17H16O2. The standard InChI is InChI=1S/C17H16O2/c18-12-6-5-7-13-14-8-1-3-10-16(14)19-17-11-4-2-9-15(13)17/h1-6,8-11,13,18H,7,12H2/b6-5-. The fourth-order valence-corrected chi connectivity index (χ4v) is 2.57. The molecule has 2 nitrogen and oxygen atoms in total. The van der Waals surface area contributed by atoms with Crippen LogP contribution in [0.2, 0.25) is 0 Å². The molecule has 0 aromatic heterocycles. The van der Waals surface area contributed by atoms with Gasteiger partial charge >= 0.3 is 0 Å². The predicted octanol–water partition coefficient (Wildman–Crippen LogP) is 3.86. The van der Waals surface area contributed by atoms with Crippen LogP contribution in [0.15, 0.2) is 60.7 Å². The Morgan fingerprint density at radius 1 is 0.895 bits per heavy atom. The van der Waals surface area contributed by atoms with Gasteiger partial charge in [0.25, 0.3) is 0 Å². The first kappa shape index (κ1) is 12.0. The molecule has 96 valence electrons. The summed E-state index contributed by atoms with van der Waals surface area (Å²) in [4.78, 5) is 0. The second-order valence-electron chi connectivity index (χ2n) is 4.62. The number of hydrogen-bond acceptors (Lipinski definition) is 2. The molecule has 0 bridgehead atoms. The minimum absolute atomic E-state index is 0.0898. The third-order valence-corrected chi connectivity index (χ3v) is 3.45. The molecule has 1 aliphatic heterocycles. The summed E-state index contributed by atoms with van der Waals surface area (Å²) < 4.78 is 5.94. The number of rotatable bonds is 3. The van der Waals surface area contributed by atoms with Crippen molar-refractivity contribution in [3.63, 3.8) is 0 Å². The van der Waals surface area contributed by atoms with Crippen LogP contribution in [0.5, 0.6) is 11.5 Å². The molecule has 0 amide bonds. The molecule has 0 atom stereocenters. The average Bonchev–Trinajstić information content (AvgIpc) is 2.46. The molecule has 2 heteroatoms. The molecule has 0 saturated heterocycles. The zero-order valence-electron chi connectivity index (χ0n) is 10.6. The Bertz CT molecular complexity index is 556. The molecule has 0 radical (unpaired) electrons. The quantitative estimate of drug-likeness (QED) is 0.840. The predicted molar refractivity (Wildman–Crippen MR) is 75.6 cm³/mol. The van der Waals surface area contributed by atoms with Gasteiger partial charge in [-0.25, -0.2) is 0 Å². The van der Waals surface area contributed by atoms with Gasteiger partial charge in [0.15, 0.2) is 0 Å². The Hall–Kier alpha value is -2.06. The minimum atomic E-state index is 0.0898. The normalized spacial score (nSPS) is 13.9. The van der Waals surface area contributed by atoms with Crippen LogP contribution in [0.4, 0.5) is 0 Å². The number of fused-ring (bicyclic) bond motifs is 2. The van der Waals surface area contributed by atoms with Crippen molar-refractivity contribution in [2.75, 3.05) is 6.61 Å². The summed E-state index contributed by atoms with van der Waals surface area (Å²) in [5.41, 5.74) is 2.42. The van der Waals surface area contributed by atoms with Crippen LogP contribution in [0.25, 0.3) is 0 Å². The Kier molecular flexibility index (Phi) is 3.34. The molecule has 0 aliphatic carbocycles. The van der Waals surface area contributed by atoms with E-state index in [0.717, 1.165) is 17.9 Å². The maximum Gasteiger partial charge on any atom is 0.131 e. The summed E-state index contributed by atoms with van der Waals surface area (Å²) in [5, 5.41) is 8.87. The van der Waals surface area contributed by atoms with Crippen molar-refractivity contribution < 1.29 is 9.84 Å². The summed E-state index contributed by atoms with van der Waals surface area (Å²) in [6.45, 7) is 0.0898. The van der Waals surface area contributed by atoms with E-state index in [0.29, 0.717) is 5.92 Å².